The zero-order valence-electron chi connectivity index (χ0n) is 53.5. The van der Waals surface area contributed by atoms with E-state index >= 15 is 0 Å². The van der Waals surface area contributed by atoms with Gasteiger partial charge in [0.05, 0.1) is 89.6 Å². The average molecular weight is 965 g/mol. The summed E-state index contributed by atoms with van der Waals surface area (Å²) in [6.07, 6.45) is 0. The third kappa shape index (κ3) is 5.55. The maximum atomic E-state index is 9.62. The average Bonchev–Trinajstić information content (AvgIpc) is 1.59. The molecule has 16 aromatic rings. The Morgan fingerprint density at radius 2 is 0.904 bits per heavy atom. The van der Waals surface area contributed by atoms with Crippen LogP contribution >= 0.6 is 11.3 Å². The van der Waals surface area contributed by atoms with Crippen molar-refractivity contribution in [1.82, 2.24) is 33.2 Å². The number of thiophene rings is 1. The summed E-state index contributed by atoms with van der Waals surface area (Å²) >= 11 is 1.63. The van der Waals surface area contributed by atoms with E-state index in [0.29, 0.717) is 33.5 Å². The number of hydrogen-bond acceptors (Lipinski definition) is 4. The van der Waals surface area contributed by atoms with Crippen molar-refractivity contribution in [3.63, 3.8) is 0 Å². The van der Waals surface area contributed by atoms with Crippen LogP contribution in [0.25, 0.3) is 147 Å². The fourth-order valence-corrected chi connectivity index (χ4v) is 12.0. The number of nitrogens with zero attached hydrogens (tertiary/aromatic N) is 8. The van der Waals surface area contributed by atoms with Crippen LogP contribution in [0, 0.1) is 6.57 Å². The van der Waals surface area contributed by atoms with Crippen molar-refractivity contribution in [2.45, 2.75) is 0 Å². The number of fused-ring (bicyclic) bond motifs is 16. The van der Waals surface area contributed by atoms with E-state index in [1.54, 1.807) is 23.5 Å². The van der Waals surface area contributed by atoms with Crippen LogP contribution in [0.2, 0.25) is 0 Å². The van der Waals surface area contributed by atoms with E-state index < -0.39 is 109 Å². The predicted octanol–water partition coefficient (Wildman–Crippen LogP) is 16.8. The van der Waals surface area contributed by atoms with E-state index in [1.807, 2.05) is 89.5 Å². The molecule has 0 aliphatic rings. The summed E-state index contributed by atoms with van der Waals surface area (Å²) in [7, 11) is 0. The van der Waals surface area contributed by atoms with Crippen LogP contribution in [0.3, 0.4) is 0 Å². The van der Waals surface area contributed by atoms with E-state index in [-0.39, 0.29) is 55.0 Å². The van der Waals surface area contributed by atoms with Crippen LogP contribution in [0.1, 0.15) is 21.9 Å². The Morgan fingerprint density at radius 1 is 0.397 bits per heavy atom. The molecule has 6 aromatic heterocycles. The van der Waals surface area contributed by atoms with E-state index in [2.05, 4.69) is 33.7 Å². The van der Waals surface area contributed by atoms with E-state index in [1.165, 1.54) is 0 Å². The second kappa shape index (κ2) is 15.1. The molecule has 0 aliphatic carbocycles. The molecular weight excluding hydrogens is 913 g/mol. The van der Waals surface area contributed by atoms with Gasteiger partial charge < -0.3 is 9.13 Å². The van der Waals surface area contributed by atoms with Gasteiger partial charge in [-0.15, -0.1) is 11.3 Å². The van der Waals surface area contributed by atoms with Gasteiger partial charge in [-0.05, 0) is 78.1 Å². The molecule has 0 aliphatic heterocycles. The van der Waals surface area contributed by atoms with Crippen LogP contribution < -0.4 is 0 Å². The molecule has 0 atom stereocenters. The minimum atomic E-state index is -0.732. The maximum Gasteiger partial charge on any atom is 0.240 e. The molecule has 0 saturated carbocycles. The van der Waals surface area contributed by atoms with Gasteiger partial charge in [0.15, 0.2) is 11.5 Å². The van der Waals surface area contributed by atoms with E-state index in [4.69, 9.17) is 32.5 Å². The normalized spacial score (nSPS) is 15.2. The molecule has 0 bridgehead atoms. The lowest BCUT2D eigenvalue weighted by Gasteiger charge is -2.20. The molecule has 8 nitrogen and oxygen atoms in total. The van der Waals surface area contributed by atoms with Gasteiger partial charge in [0.2, 0.25) is 11.9 Å². The smallest absolute Gasteiger partial charge is 0.240 e. The molecule has 16 rings (SSSR count). The molecule has 73 heavy (non-hydrogen) atoms. The van der Waals surface area contributed by atoms with Crippen molar-refractivity contribution in [3.8, 4) is 34.7 Å². The number of aromatic nitrogens is 7. The number of rotatable bonds is 5. The standard InChI is InChI=1S/C64H36N8S/c1-65-38-33-35-54-47(37-38)44-22-7-9-24-48(44)69(54)55-30-16-31-56(70-49-25-10-6-21-43(49)45-34-36-58-59(61(45)70)46-23-8-15-32-57(46)73-58)60(55)62-66-63(71-50-26-11-2-17-39(50)40-18-3-12-27-51(40)71)68-64(67-62)72-52-28-13-4-19-41(52)42-20-5-14-29-53(42)72/h2-37H/i2D,3D,4D,5D,11D,12D,13D,14D,17D,18D,19D,20D,26D,27D,28D,29D. The molecule has 10 aromatic carbocycles. The number of benzene rings is 10. The van der Waals surface area contributed by atoms with E-state index in [0.717, 1.165) is 56.5 Å². The van der Waals surface area contributed by atoms with Gasteiger partial charge in [0.25, 0.3) is 0 Å². The monoisotopic (exact) mass is 964 g/mol. The highest BCUT2D eigenvalue weighted by molar-refractivity contribution is 7.26. The molecule has 0 N–H and O–H groups in total. The van der Waals surface area contributed by atoms with Crippen molar-refractivity contribution in [1.29, 1.82) is 0 Å². The zero-order valence-corrected chi connectivity index (χ0v) is 38.3. The van der Waals surface area contributed by atoms with Gasteiger partial charge in [-0.2, -0.15) is 15.0 Å². The summed E-state index contributed by atoms with van der Waals surface area (Å²) in [6, 6.07) is 27.7. The molecular formula is C64H36N8S. The van der Waals surface area contributed by atoms with Crippen molar-refractivity contribution >= 4 is 124 Å². The van der Waals surface area contributed by atoms with E-state index in [9.17, 15) is 11.0 Å². The van der Waals surface area contributed by atoms with Crippen molar-refractivity contribution in [3.05, 3.63) is 229 Å². The Labute approximate surface area is 442 Å². The fourth-order valence-electron chi connectivity index (χ4n) is 10.8. The van der Waals surface area contributed by atoms with Gasteiger partial charge >= 0.3 is 0 Å². The summed E-state index contributed by atoms with van der Waals surface area (Å²) < 4.78 is 156. The highest BCUT2D eigenvalue weighted by Gasteiger charge is 2.28. The quantitative estimate of drug-likeness (QED) is 0.161. The highest BCUT2D eigenvalue weighted by atomic mass is 32.1. The molecule has 0 amide bonds. The van der Waals surface area contributed by atoms with Gasteiger partial charge in [0, 0.05) is 57.9 Å². The molecule has 0 saturated heterocycles. The highest BCUT2D eigenvalue weighted by Crippen LogP contribution is 2.47. The minimum absolute atomic E-state index is 0.235. The van der Waals surface area contributed by atoms with Gasteiger partial charge in [0.1, 0.15) is 0 Å². The third-order valence-electron chi connectivity index (χ3n) is 13.8. The van der Waals surface area contributed by atoms with Crippen molar-refractivity contribution in [2.24, 2.45) is 0 Å². The first-order chi connectivity index (χ1) is 42.8. The molecule has 9 heteroatoms. The Morgan fingerprint density at radius 3 is 1.51 bits per heavy atom. The summed E-state index contributed by atoms with van der Waals surface area (Å²) in [5, 5.41) is 3.94. The maximum absolute atomic E-state index is 9.62. The first-order valence-electron chi connectivity index (χ1n) is 31.0. The molecule has 6 heterocycles. The lowest BCUT2D eigenvalue weighted by molar-refractivity contribution is 0.891. The summed E-state index contributed by atoms with van der Waals surface area (Å²) in [4.78, 5) is 19.5. The second-order valence-electron chi connectivity index (χ2n) is 17.4. The van der Waals surface area contributed by atoms with Crippen LogP contribution in [-0.4, -0.2) is 33.2 Å². The summed E-state index contributed by atoms with van der Waals surface area (Å²) in [6.45, 7) is 8.05. The Kier molecular flexibility index (Phi) is 5.67. The molecule has 0 radical (unpaired) electrons. The lowest BCUT2D eigenvalue weighted by Crippen LogP contribution is -2.12. The first kappa shape index (κ1) is 27.5. The minimum Gasteiger partial charge on any atom is -0.309 e. The molecule has 0 spiro atoms. The molecule has 0 fully saturated rings. The predicted molar refractivity (Wildman–Crippen MR) is 302 cm³/mol. The Hall–Kier alpha value is -9.88. The lowest BCUT2D eigenvalue weighted by atomic mass is 10.1. The van der Waals surface area contributed by atoms with Crippen LogP contribution in [0.5, 0.6) is 0 Å². The van der Waals surface area contributed by atoms with Crippen LogP contribution in [0.4, 0.5) is 5.69 Å². The Bertz CT molecular complexity index is 5720. The van der Waals surface area contributed by atoms with Gasteiger partial charge in [-0.25, -0.2) is 4.85 Å². The largest absolute Gasteiger partial charge is 0.309 e. The number of hydrogen-bond donors (Lipinski definition) is 0. The van der Waals surface area contributed by atoms with Crippen molar-refractivity contribution < 1.29 is 21.9 Å². The number of para-hydroxylation sites is 6. The topological polar surface area (TPSA) is 62.8 Å². The molecule has 338 valence electrons. The summed E-state index contributed by atoms with van der Waals surface area (Å²) in [5.74, 6) is -1.30. The first-order valence-corrected chi connectivity index (χ1v) is 23.8. The second-order valence-corrected chi connectivity index (χ2v) is 18.5. The SMILES string of the molecule is [2H]c1c([2H])c([2H])c2c(c1[2H])c1c([2H])c([2H])c([2H])c([2H])c1n2-c1nc(-c2c(-n3c4ccccc4c4cc([N+]#[C-])ccc43)cccc2-n2c3ccccc3c3ccc4sc5ccccc5c4c32)nc(-n2c3c([2H])c([2H])c([2H])c([2H])c3c3c([2H])c([2H])c([2H])c([2H])c32)n1. The summed E-state index contributed by atoms with van der Waals surface area (Å²) in [5.41, 5.74) is 2.86. The Balaban J connectivity index is 1.18. The van der Waals surface area contributed by atoms with Gasteiger partial charge in [-0.1, -0.05) is 145 Å². The fraction of sp³-hybridized carbons (Fsp3) is 0. The van der Waals surface area contributed by atoms with Crippen LogP contribution in [0.15, 0.2) is 218 Å². The molecule has 0 unspecified atom stereocenters. The van der Waals surface area contributed by atoms with Gasteiger partial charge in [-0.3, -0.25) is 9.13 Å². The third-order valence-corrected chi connectivity index (χ3v) is 14.9. The zero-order chi connectivity index (χ0) is 61.8. The van der Waals surface area contributed by atoms with Crippen LogP contribution in [-0.2, 0) is 0 Å². The van der Waals surface area contributed by atoms with Crippen molar-refractivity contribution in [2.75, 3.05) is 0 Å².